The van der Waals surface area contributed by atoms with Gasteiger partial charge >= 0.3 is 0 Å². The van der Waals surface area contributed by atoms with E-state index < -0.39 is 0 Å². The van der Waals surface area contributed by atoms with E-state index >= 15 is 0 Å². The van der Waals surface area contributed by atoms with E-state index in [1.165, 1.54) is 89.6 Å². The van der Waals surface area contributed by atoms with Crippen LogP contribution in [0, 0.1) is 11.8 Å². The van der Waals surface area contributed by atoms with Gasteiger partial charge in [-0.1, -0.05) is 114 Å². The summed E-state index contributed by atoms with van der Waals surface area (Å²) in [5.41, 5.74) is 18.0. The summed E-state index contributed by atoms with van der Waals surface area (Å²) in [5.74, 6) is 5.14. The molecule has 0 saturated heterocycles. The molecule has 0 bridgehead atoms. The number of allylic oxidation sites excluding steroid dienone is 1. The second-order valence-corrected chi connectivity index (χ2v) is 16.5. The lowest BCUT2D eigenvalue weighted by Gasteiger charge is -2.29. The number of hydrogen-bond acceptors (Lipinski definition) is 5. The lowest BCUT2D eigenvalue weighted by atomic mass is 9.76. The van der Waals surface area contributed by atoms with Crippen molar-refractivity contribution in [2.24, 2.45) is 11.8 Å². The van der Waals surface area contributed by atoms with E-state index in [0.717, 1.165) is 70.5 Å². The van der Waals surface area contributed by atoms with Gasteiger partial charge in [0.1, 0.15) is 0 Å². The summed E-state index contributed by atoms with van der Waals surface area (Å²) in [6, 6.07) is 21.0. The van der Waals surface area contributed by atoms with Crippen LogP contribution in [0.5, 0.6) is 0 Å². The molecule has 0 amide bonds. The Labute approximate surface area is 320 Å². The number of benzene rings is 3. The average molecular weight is 734 g/mol. The van der Waals surface area contributed by atoms with E-state index in [-0.39, 0.29) is 0 Å². The van der Waals surface area contributed by atoms with Crippen molar-refractivity contribution < 1.29 is 0 Å². The summed E-state index contributed by atoms with van der Waals surface area (Å²) < 4.78 is 0. The third-order valence-corrected chi connectivity index (χ3v) is 12.7. The van der Waals surface area contributed by atoms with E-state index in [4.69, 9.17) is 18.0 Å². The Morgan fingerprint density at radius 1 is 0.857 bits per heavy atom. The van der Waals surface area contributed by atoms with Gasteiger partial charge in [0.2, 0.25) is 0 Å². The number of anilines is 1. The standard InChI is InChI=1S/C39H55NS3.C5H8S/c1-4-7-8-10-28-11-13-31(14-12-28)32-15-19-37(38(40)25-32)34-16-18-36(30(6-3)23-34)33-17-20-39(35(24-33)9-5-2)43-22-21-29(26-41)27-42;1-4(2)5(3)6/h15-20,23-25,28-29,31,41-42H,4-14,21-22,26-27,40H2,1-3H3;1H2,2-3H3. The molecular weight excluding hydrogens is 671 g/mol. The highest BCUT2D eigenvalue weighted by molar-refractivity contribution is 7.99. The van der Waals surface area contributed by atoms with Crippen molar-refractivity contribution in [3.63, 3.8) is 0 Å². The number of nitrogen functional groups attached to an aromatic ring is 1. The van der Waals surface area contributed by atoms with Crippen molar-refractivity contribution in [1.29, 1.82) is 0 Å². The number of thiol groups is 2. The van der Waals surface area contributed by atoms with Crippen molar-refractivity contribution in [2.75, 3.05) is 23.0 Å². The number of nitrogens with two attached hydrogens (primary N) is 1. The summed E-state index contributed by atoms with van der Waals surface area (Å²) in [6.07, 6.45) is 15.4. The van der Waals surface area contributed by atoms with Crippen LogP contribution < -0.4 is 5.73 Å². The van der Waals surface area contributed by atoms with Crippen LogP contribution in [-0.2, 0) is 12.8 Å². The van der Waals surface area contributed by atoms with Crippen LogP contribution >= 0.6 is 49.2 Å². The van der Waals surface area contributed by atoms with Crippen molar-refractivity contribution in [3.8, 4) is 22.3 Å². The third kappa shape index (κ3) is 13.1. The topological polar surface area (TPSA) is 26.0 Å². The van der Waals surface area contributed by atoms with Crippen LogP contribution in [0.4, 0.5) is 5.69 Å². The fraction of sp³-hybridized carbons (Fsp3) is 0.523. The molecule has 1 aliphatic rings. The van der Waals surface area contributed by atoms with E-state index in [1.807, 2.05) is 25.6 Å². The molecular formula is C44H63NS4. The molecule has 1 fully saturated rings. The molecule has 0 unspecified atom stereocenters. The second kappa shape index (κ2) is 22.3. The van der Waals surface area contributed by atoms with Crippen LogP contribution in [0.15, 0.2) is 71.6 Å². The maximum atomic E-state index is 6.74. The van der Waals surface area contributed by atoms with Crippen LogP contribution in [0.2, 0.25) is 0 Å². The summed E-state index contributed by atoms with van der Waals surface area (Å²) >= 11 is 15.7. The minimum absolute atomic E-state index is 0.587. The molecule has 49 heavy (non-hydrogen) atoms. The number of rotatable bonds is 17. The third-order valence-electron chi connectivity index (χ3n) is 10.2. The van der Waals surface area contributed by atoms with Crippen molar-refractivity contribution in [3.05, 3.63) is 83.4 Å². The summed E-state index contributed by atoms with van der Waals surface area (Å²) in [6.45, 7) is 14.2. The highest BCUT2D eigenvalue weighted by atomic mass is 32.2. The van der Waals surface area contributed by atoms with Crippen molar-refractivity contribution in [2.45, 2.75) is 122 Å². The minimum Gasteiger partial charge on any atom is -0.398 e. The van der Waals surface area contributed by atoms with Gasteiger partial charge < -0.3 is 5.73 Å². The van der Waals surface area contributed by atoms with Gasteiger partial charge in [-0.3, -0.25) is 0 Å². The van der Waals surface area contributed by atoms with Gasteiger partial charge in [-0.05, 0) is 145 Å². The number of thioether (sulfide) groups is 1. The zero-order chi connectivity index (χ0) is 35.8. The minimum atomic E-state index is 0.587. The molecule has 3 aromatic carbocycles. The van der Waals surface area contributed by atoms with Gasteiger partial charge in [0.15, 0.2) is 0 Å². The van der Waals surface area contributed by atoms with Gasteiger partial charge in [0.05, 0.1) is 0 Å². The van der Waals surface area contributed by atoms with Gasteiger partial charge in [-0.15, -0.1) is 11.8 Å². The molecule has 1 nitrogen and oxygen atoms in total. The summed E-state index contributed by atoms with van der Waals surface area (Å²) in [4.78, 5) is 2.32. The number of unbranched alkanes of at least 4 members (excludes halogenated alkanes) is 2. The smallest absolute Gasteiger partial charge is 0.0396 e. The molecule has 0 spiro atoms. The van der Waals surface area contributed by atoms with Gasteiger partial charge in [-0.25, -0.2) is 0 Å². The Morgan fingerprint density at radius 2 is 1.49 bits per heavy atom. The van der Waals surface area contributed by atoms with Gasteiger partial charge in [0.25, 0.3) is 0 Å². The zero-order valence-electron chi connectivity index (χ0n) is 31.0. The first kappa shape index (κ1) is 41.8. The van der Waals surface area contributed by atoms with Gasteiger partial charge in [-0.2, -0.15) is 25.3 Å². The summed E-state index contributed by atoms with van der Waals surface area (Å²) in [7, 11) is 0. The Kier molecular flexibility index (Phi) is 19.0. The fourth-order valence-corrected chi connectivity index (χ4v) is 8.84. The first-order chi connectivity index (χ1) is 23.6. The van der Waals surface area contributed by atoms with Crippen LogP contribution in [0.1, 0.15) is 121 Å². The van der Waals surface area contributed by atoms with E-state index in [2.05, 4.69) is 107 Å². The predicted octanol–water partition coefficient (Wildman–Crippen LogP) is 13.9. The van der Waals surface area contributed by atoms with E-state index in [0.29, 0.717) is 11.8 Å². The molecule has 0 atom stereocenters. The largest absolute Gasteiger partial charge is 0.398 e. The molecule has 3 aromatic rings. The normalized spacial score (nSPS) is 15.9. The Balaban J connectivity index is 0.000000992. The highest BCUT2D eigenvalue weighted by Crippen LogP contribution is 2.40. The molecule has 2 N–H and O–H groups in total. The first-order valence-electron chi connectivity index (χ1n) is 18.8. The van der Waals surface area contributed by atoms with E-state index in [9.17, 15) is 0 Å². The number of aryl methyl sites for hydroxylation is 2. The molecule has 0 radical (unpaired) electrons. The maximum Gasteiger partial charge on any atom is 0.0396 e. The van der Waals surface area contributed by atoms with Crippen molar-refractivity contribution in [1.82, 2.24) is 0 Å². The molecule has 0 heterocycles. The molecule has 1 aliphatic carbocycles. The first-order valence-corrected chi connectivity index (χ1v) is 21.5. The lowest BCUT2D eigenvalue weighted by Crippen LogP contribution is -2.13. The molecule has 4 rings (SSSR count). The maximum absolute atomic E-state index is 6.74. The molecule has 1 saturated carbocycles. The molecule has 5 heteroatoms. The SMILES string of the molecule is C=C(C)C(C)=S.CCCCCC1CCC(c2ccc(-c3ccc(-c4ccc(SCCC(CS)CS)c(CCC)c4)c(CC)c3)c(N)c2)CC1. The van der Waals surface area contributed by atoms with Crippen molar-refractivity contribution >= 4 is 59.8 Å². The second-order valence-electron chi connectivity index (χ2n) is 14.1. The van der Waals surface area contributed by atoms with Crippen LogP contribution in [0.25, 0.3) is 22.3 Å². The highest BCUT2D eigenvalue weighted by Gasteiger charge is 2.23. The number of thiocarbonyl (C=S) groups is 1. The predicted molar refractivity (Wildman–Crippen MR) is 234 cm³/mol. The monoisotopic (exact) mass is 733 g/mol. The summed E-state index contributed by atoms with van der Waals surface area (Å²) in [5, 5.41) is 0. The molecule has 0 aliphatic heterocycles. The van der Waals surface area contributed by atoms with Crippen LogP contribution in [-0.4, -0.2) is 22.1 Å². The molecule has 0 aromatic heterocycles. The zero-order valence-corrected chi connectivity index (χ0v) is 34.5. The Hall–Kier alpha value is -1.66. The van der Waals surface area contributed by atoms with Crippen LogP contribution in [0.3, 0.4) is 0 Å². The average Bonchev–Trinajstić information content (AvgIpc) is 3.11. The van der Waals surface area contributed by atoms with Gasteiger partial charge in [0, 0.05) is 21.0 Å². The Morgan fingerprint density at radius 3 is 2.08 bits per heavy atom. The lowest BCUT2D eigenvalue weighted by molar-refractivity contribution is 0.303. The quantitative estimate of drug-likeness (QED) is 0.0322. The van der Waals surface area contributed by atoms with E-state index in [1.54, 1.807) is 0 Å². The Bertz CT molecular complexity index is 1450. The molecule has 268 valence electrons. The fourth-order valence-electron chi connectivity index (χ4n) is 6.83. The number of hydrogen-bond donors (Lipinski definition) is 3.